The van der Waals surface area contributed by atoms with E-state index in [2.05, 4.69) is 207 Å². The summed E-state index contributed by atoms with van der Waals surface area (Å²) in [6, 6.07) is 72.9. The average molecular weight is 1070 g/mol. The molecule has 4 aromatic heterocycles. The first kappa shape index (κ1) is 43.9. The molecule has 0 bridgehead atoms. The summed E-state index contributed by atoms with van der Waals surface area (Å²) in [5.41, 5.74) is 13.9. The van der Waals surface area contributed by atoms with E-state index in [1.165, 1.54) is 38.4 Å². The minimum Gasteiger partial charge on any atom is -0.501 e. The van der Waals surface area contributed by atoms with Crippen molar-refractivity contribution in [2.24, 2.45) is 0 Å². The van der Waals surface area contributed by atoms with Crippen molar-refractivity contribution in [3.05, 3.63) is 217 Å². The van der Waals surface area contributed by atoms with Crippen molar-refractivity contribution in [3.8, 4) is 28.5 Å². The van der Waals surface area contributed by atoms with E-state index in [9.17, 15) is 0 Å². The van der Waals surface area contributed by atoms with Gasteiger partial charge in [0.05, 0.1) is 39.3 Å². The molecule has 69 heavy (non-hydrogen) atoms. The summed E-state index contributed by atoms with van der Waals surface area (Å²) in [6.07, 6.45) is 0. The molecule has 0 aliphatic rings. The maximum absolute atomic E-state index is 6.51. The number of aryl methyl sites for hydroxylation is 1. The summed E-state index contributed by atoms with van der Waals surface area (Å²) in [5.74, 6) is 2.62. The Hall–Kier alpha value is -7.63. The van der Waals surface area contributed by atoms with Gasteiger partial charge in [0.2, 0.25) is 0 Å². The third-order valence-corrected chi connectivity index (χ3v) is 13.5. The SMILES string of the molecule is CC(C)c1cccc(C(C)C)c1-n1c(-c2[c-]cccc2)nc2ccccc21.Cc1ccc2c3ccccc3c3ccccc3c3ccccc3n3c(-c4[c-]ccc5c4oc4ccccc45)nc1c23.[Ir]. The van der Waals surface area contributed by atoms with E-state index in [0.717, 1.165) is 88.6 Å². The summed E-state index contributed by atoms with van der Waals surface area (Å²) >= 11 is 0. The Morgan fingerprint density at radius 2 is 1.07 bits per heavy atom. The number of furan rings is 1. The van der Waals surface area contributed by atoms with Crippen molar-refractivity contribution in [2.45, 2.75) is 46.5 Å². The first-order valence-electron chi connectivity index (χ1n) is 23.6. The number of rotatable bonds is 5. The van der Waals surface area contributed by atoms with Crippen molar-refractivity contribution in [2.75, 3.05) is 0 Å². The standard InChI is InChI=1S/C38H23N2O.C25H25N2.Ir/c1-23-21-22-30-27-14-5-3-12-25(27)24-11-2-4-13-26(24)28-15-6-8-19-33(28)40-36(30)35(23)39-38(40)32-18-10-17-31-29-16-7-9-20-34(29)41-37(31)32;1-17(2)20-13-10-14-21(18(3)4)24(20)27-23-16-9-8-15-22(23)26-25(27)19-11-6-5-7-12-19;/h2-17,19-22H,1H3;5-11,13-18H,1-4H3;/q2*-1;. The molecular weight excluding hydrogens is 1020 g/mol. The zero-order valence-corrected chi connectivity index (χ0v) is 41.5. The fraction of sp³-hybridized carbons (Fsp3) is 0.111. The minimum absolute atomic E-state index is 0. The first-order chi connectivity index (χ1) is 33.4. The fourth-order valence-electron chi connectivity index (χ4n) is 10.3. The molecule has 0 spiro atoms. The molecule has 0 amide bonds. The van der Waals surface area contributed by atoms with E-state index in [-0.39, 0.29) is 20.1 Å². The van der Waals surface area contributed by atoms with E-state index in [4.69, 9.17) is 14.4 Å². The zero-order valence-electron chi connectivity index (χ0n) is 39.1. The van der Waals surface area contributed by atoms with Crippen molar-refractivity contribution in [1.82, 2.24) is 18.9 Å². The molecule has 13 aromatic rings. The van der Waals surface area contributed by atoms with Crippen LogP contribution < -0.4 is 0 Å². The topological polar surface area (TPSA) is 48.3 Å². The van der Waals surface area contributed by atoms with Crippen LogP contribution in [0, 0.1) is 19.1 Å². The van der Waals surface area contributed by atoms with E-state index in [0.29, 0.717) is 11.8 Å². The number of imidazole rings is 2. The van der Waals surface area contributed by atoms with Gasteiger partial charge in [-0.3, -0.25) is 9.97 Å². The molecule has 0 aliphatic heterocycles. The van der Waals surface area contributed by atoms with Crippen LogP contribution in [-0.2, 0) is 20.1 Å². The van der Waals surface area contributed by atoms with E-state index >= 15 is 0 Å². The van der Waals surface area contributed by atoms with Gasteiger partial charge >= 0.3 is 0 Å². The van der Waals surface area contributed by atoms with Crippen molar-refractivity contribution in [3.63, 3.8) is 0 Å². The molecule has 337 valence electrons. The molecule has 4 heterocycles. The molecule has 5 nitrogen and oxygen atoms in total. The van der Waals surface area contributed by atoms with Gasteiger partial charge in [-0.1, -0.05) is 166 Å². The summed E-state index contributed by atoms with van der Waals surface area (Å²) < 4.78 is 11.2. The molecule has 0 unspecified atom stereocenters. The Balaban J connectivity index is 0.000000162. The first-order valence-corrected chi connectivity index (χ1v) is 23.6. The summed E-state index contributed by atoms with van der Waals surface area (Å²) in [7, 11) is 0. The van der Waals surface area contributed by atoms with E-state index in [1.54, 1.807) is 0 Å². The Morgan fingerprint density at radius 1 is 0.478 bits per heavy atom. The third-order valence-electron chi connectivity index (χ3n) is 13.5. The predicted octanol–water partition coefficient (Wildman–Crippen LogP) is 16.9. The number of para-hydroxylation sites is 5. The van der Waals surface area contributed by atoms with Crippen LogP contribution in [0.3, 0.4) is 0 Å². The second-order valence-electron chi connectivity index (χ2n) is 18.3. The Kier molecular flexibility index (Phi) is 11.3. The predicted molar refractivity (Wildman–Crippen MR) is 284 cm³/mol. The largest absolute Gasteiger partial charge is 0.501 e. The number of fused-ring (bicyclic) bond motifs is 11. The van der Waals surface area contributed by atoms with Crippen LogP contribution in [0.5, 0.6) is 0 Å². The van der Waals surface area contributed by atoms with Crippen LogP contribution in [0.4, 0.5) is 0 Å². The average Bonchev–Trinajstić information content (AvgIpc) is 4.10. The Labute approximate surface area is 414 Å². The van der Waals surface area contributed by atoms with Gasteiger partial charge in [0.25, 0.3) is 0 Å². The second-order valence-corrected chi connectivity index (χ2v) is 18.3. The number of aromatic nitrogens is 4. The number of benzene rings is 9. The normalized spacial score (nSPS) is 11.7. The van der Waals surface area contributed by atoms with Crippen LogP contribution in [-0.4, -0.2) is 18.9 Å². The van der Waals surface area contributed by atoms with Gasteiger partial charge < -0.3 is 13.4 Å². The smallest absolute Gasteiger partial charge is 0.120 e. The van der Waals surface area contributed by atoms with Crippen molar-refractivity contribution in [1.29, 1.82) is 0 Å². The summed E-state index contributed by atoms with van der Waals surface area (Å²) in [5, 5.41) is 9.29. The van der Waals surface area contributed by atoms with Gasteiger partial charge in [-0.15, -0.1) is 54.1 Å². The van der Waals surface area contributed by atoms with Gasteiger partial charge in [0.1, 0.15) is 5.58 Å². The summed E-state index contributed by atoms with van der Waals surface area (Å²) in [6.45, 7) is 11.2. The third kappa shape index (κ3) is 7.26. The molecule has 0 N–H and O–H groups in total. The molecule has 0 saturated carbocycles. The van der Waals surface area contributed by atoms with Crippen LogP contribution in [0.2, 0.25) is 0 Å². The van der Waals surface area contributed by atoms with Crippen LogP contribution in [0.1, 0.15) is 56.2 Å². The van der Waals surface area contributed by atoms with Crippen molar-refractivity contribution < 1.29 is 24.5 Å². The van der Waals surface area contributed by atoms with Gasteiger partial charge in [0.15, 0.2) is 0 Å². The quantitative estimate of drug-likeness (QED) is 0.161. The molecular formula is C63H48IrN4O-2. The van der Waals surface area contributed by atoms with E-state index in [1.807, 2.05) is 36.4 Å². The van der Waals surface area contributed by atoms with Gasteiger partial charge in [0, 0.05) is 47.5 Å². The Morgan fingerprint density at radius 3 is 1.75 bits per heavy atom. The molecule has 9 aromatic carbocycles. The summed E-state index contributed by atoms with van der Waals surface area (Å²) in [4.78, 5) is 10.4. The Bertz CT molecular complexity index is 4090. The monoisotopic (exact) mass is 1070 g/mol. The number of nitrogens with zero attached hydrogens (tertiary/aromatic N) is 4. The van der Waals surface area contributed by atoms with Crippen LogP contribution in [0.25, 0.3) is 110 Å². The molecule has 0 aliphatic carbocycles. The zero-order chi connectivity index (χ0) is 46.0. The van der Waals surface area contributed by atoms with Gasteiger partial charge in [-0.05, 0) is 81.3 Å². The van der Waals surface area contributed by atoms with Gasteiger partial charge in [-0.25, -0.2) is 0 Å². The molecule has 1 radical (unpaired) electrons. The van der Waals surface area contributed by atoms with Crippen LogP contribution in [0.15, 0.2) is 192 Å². The molecule has 6 heteroatoms. The number of hydrogen-bond donors (Lipinski definition) is 0. The fourth-order valence-corrected chi connectivity index (χ4v) is 10.3. The molecule has 0 atom stereocenters. The maximum atomic E-state index is 6.51. The second kappa shape index (κ2) is 17.8. The van der Waals surface area contributed by atoms with Crippen LogP contribution >= 0.6 is 0 Å². The van der Waals surface area contributed by atoms with Gasteiger partial charge in [-0.2, -0.15) is 0 Å². The number of hydrogen-bond acceptors (Lipinski definition) is 3. The molecule has 0 fully saturated rings. The minimum atomic E-state index is 0. The maximum Gasteiger partial charge on any atom is 0.120 e. The molecule has 0 saturated heterocycles. The van der Waals surface area contributed by atoms with E-state index < -0.39 is 0 Å². The van der Waals surface area contributed by atoms with Crippen molar-refractivity contribution >= 4 is 81.8 Å². The molecule has 13 rings (SSSR count).